The summed E-state index contributed by atoms with van der Waals surface area (Å²) >= 11 is 12.2. The van der Waals surface area contributed by atoms with E-state index in [2.05, 4.69) is 17.5 Å². The number of para-hydroxylation sites is 1. The maximum Gasteiger partial charge on any atom is 0.292 e. The van der Waals surface area contributed by atoms with Crippen molar-refractivity contribution in [2.75, 3.05) is 5.32 Å². The fourth-order valence-electron chi connectivity index (χ4n) is 3.89. The molecule has 2 aromatic carbocycles. The lowest BCUT2D eigenvalue weighted by Crippen LogP contribution is -2.29. The number of nitro groups is 1. The van der Waals surface area contributed by atoms with Gasteiger partial charge in [-0.3, -0.25) is 10.1 Å². The van der Waals surface area contributed by atoms with Crippen LogP contribution < -0.4 is 5.32 Å². The first-order valence-corrected chi connectivity index (χ1v) is 8.61. The predicted molar refractivity (Wildman–Crippen MR) is 97.6 cm³/mol. The molecule has 5 nitrogen and oxygen atoms in total. The highest BCUT2D eigenvalue weighted by Gasteiger charge is 2.41. The third-order valence-electron chi connectivity index (χ3n) is 4.96. The zero-order valence-corrected chi connectivity index (χ0v) is 14.5. The number of aromatic hydroxyl groups is 1. The number of halogens is 2. The van der Waals surface area contributed by atoms with Gasteiger partial charge in [-0.05, 0) is 30.0 Å². The number of fused-ring (bicyclic) bond motifs is 3. The summed E-state index contributed by atoms with van der Waals surface area (Å²) in [5, 5.41) is 25.7. The maximum absolute atomic E-state index is 11.4. The molecule has 2 aromatic rings. The van der Waals surface area contributed by atoms with E-state index in [1.54, 1.807) is 12.1 Å². The van der Waals surface area contributed by atoms with Crippen LogP contribution in [0.2, 0.25) is 10.0 Å². The third-order valence-corrected chi connectivity index (χ3v) is 5.47. The number of nitrogens with zero attached hydrogens (tertiary/aromatic N) is 1. The number of phenols is 1. The standard InChI is InChI=1S/C18H14Cl2N2O3/c19-9-7-13(18(23)14(20)8-9)16-11-4-1-3-10(11)12-5-2-6-15(22(24)25)17(12)21-16/h1-3,5-8,10-11,16,21,23H,4H2. The van der Waals surface area contributed by atoms with E-state index in [9.17, 15) is 15.2 Å². The van der Waals surface area contributed by atoms with Crippen molar-refractivity contribution in [3.8, 4) is 5.75 Å². The Morgan fingerprint density at radius 1 is 1.24 bits per heavy atom. The van der Waals surface area contributed by atoms with Gasteiger partial charge in [0.05, 0.1) is 16.0 Å². The number of hydrogen-bond donors (Lipinski definition) is 2. The maximum atomic E-state index is 11.4. The minimum absolute atomic E-state index is 0.0221. The minimum atomic E-state index is -0.396. The van der Waals surface area contributed by atoms with E-state index >= 15 is 0 Å². The Morgan fingerprint density at radius 3 is 2.80 bits per heavy atom. The van der Waals surface area contributed by atoms with Gasteiger partial charge in [0.25, 0.3) is 5.69 Å². The molecular weight excluding hydrogens is 363 g/mol. The number of benzene rings is 2. The van der Waals surface area contributed by atoms with Gasteiger partial charge in [0.1, 0.15) is 11.4 Å². The summed E-state index contributed by atoms with van der Waals surface area (Å²) in [5.41, 5.74) is 1.96. The summed E-state index contributed by atoms with van der Waals surface area (Å²) in [7, 11) is 0. The second kappa shape index (κ2) is 5.93. The van der Waals surface area contributed by atoms with Crippen molar-refractivity contribution >= 4 is 34.6 Å². The molecule has 7 heteroatoms. The lowest BCUT2D eigenvalue weighted by molar-refractivity contribution is -0.384. The van der Waals surface area contributed by atoms with Crippen LogP contribution in [-0.4, -0.2) is 10.0 Å². The number of phenolic OH excluding ortho intramolecular Hbond substituents is 1. The number of allylic oxidation sites excluding steroid dienone is 2. The molecule has 0 saturated heterocycles. The number of hydrogen-bond acceptors (Lipinski definition) is 4. The highest BCUT2D eigenvalue weighted by Crippen LogP contribution is 2.53. The highest BCUT2D eigenvalue weighted by molar-refractivity contribution is 6.35. The van der Waals surface area contributed by atoms with Gasteiger partial charge >= 0.3 is 0 Å². The van der Waals surface area contributed by atoms with Gasteiger partial charge in [0.2, 0.25) is 0 Å². The molecule has 128 valence electrons. The van der Waals surface area contributed by atoms with Crippen LogP contribution >= 0.6 is 23.2 Å². The van der Waals surface area contributed by atoms with Crippen molar-refractivity contribution in [1.82, 2.24) is 0 Å². The van der Waals surface area contributed by atoms with Gasteiger partial charge < -0.3 is 10.4 Å². The van der Waals surface area contributed by atoms with Crippen LogP contribution in [0.5, 0.6) is 5.75 Å². The molecule has 0 aromatic heterocycles. The first-order valence-electron chi connectivity index (χ1n) is 7.85. The first-order chi connectivity index (χ1) is 12.0. The van der Waals surface area contributed by atoms with Crippen molar-refractivity contribution in [3.05, 3.63) is 73.8 Å². The van der Waals surface area contributed by atoms with Crippen LogP contribution in [0.25, 0.3) is 0 Å². The average Bonchev–Trinajstić information content (AvgIpc) is 3.06. The lowest BCUT2D eigenvalue weighted by atomic mass is 9.76. The largest absolute Gasteiger partial charge is 0.506 e. The Hall–Kier alpha value is -2.24. The van der Waals surface area contributed by atoms with Crippen molar-refractivity contribution in [2.24, 2.45) is 5.92 Å². The molecule has 0 spiro atoms. The molecule has 0 radical (unpaired) electrons. The van der Waals surface area contributed by atoms with Gasteiger partial charge in [-0.1, -0.05) is 47.5 Å². The van der Waals surface area contributed by atoms with E-state index in [1.165, 1.54) is 12.1 Å². The zero-order chi connectivity index (χ0) is 17.7. The van der Waals surface area contributed by atoms with E-state index in [1.807, 2.05) is 6.07 Å². The van der Waals surface area contributed by atoms with Crippen molar-refractivity contribution in [2.45, 2.75) is 18.4 Å². The fraction of sp³-hybridized carbons (Fsp3) is 0.222. The molecule has 0 amide bonds. The van der Waals surface area contributed by atoms with Crippen LogP contribution in [0.15, 0.2) is 42.5 Å². The summed E-state index contributed by atoms with van der Waals surface area (Å²) < 4.78 is 0. The summed E-state index contributed by atoms with van der Waals surface area (Å²) in [6, 6.07) is 7.90. The highest BCUT2D eigenvalue weighted by atomic mass is 35.5. The average molecular weight is 377 g/mol. The van der Waals surface area contributed by atoms with Crippen LogP contribution in [0.1, 0.15) is 29.5 Å². The molecule has 1 aliphatic heterocycles. The number of nitro benzene ring substituents is 1. The van der Waals surface area contributed by atoms with Crippen LogP contribution in [0, 0.1) is 16.0 Å². The van der Waals surface area contributed by atoms with Crippen LogP contribution in [0.4, 0.5) is 11.4 Å². The Morgan fingerprint density at radius 2 is 2.04 bits per heavy atom. The van der Waals surface area contributed by atoms with Gasteiger partial charge in [0.15, 0.2) is 0 Å². The summed E-state index contributed by atoms with van der Waals surface area (Å²) in [4.78, 5) is 11.0. The third kappa shape index (κ3) is 2.55. The van der Waals surface area contributed by atoms with Gasteiger partial charge in [0, 0.05) is 22.6 Å². The van der Waals surface area contributed by atoms with Gasteiger partial charge in [-0.25, -0.2) is 0 Å². The second-order valence-corrected chi connectivity index (χ2v) is 7.14. The molecule has 4 rings (SSSR count). The van der Waals surface area contributed by atoms with Gasteiger partial charge in [-0.15, -0.1) is 0 Å². The molecule has 0 fully saturated rings. The van der Waals surface area contributed by atoms with E-state index in [4.69, 9.17) is 23.2 Å². The fourth-order valence-corrected chi connectivity index (χ4v) is 4.40. The smallest absolute Gasteiger partial charge is 0.292 e. The van der Waals surface area contributed by atoms with Crippen molar-refractivity contribution in [1.29, 1.82) is 0 Å². The molecular formula is C18H14Cl2N2O3. The van der Waals surface area contributed by atoms with Crippen LogP contribution in [-0.2, 0) is 0 Å². The molecule has 2 N–H and O–H groups in total. The molecule has 2 aliphatic rings. The monoisotopic (exact) mass is 376 g/mol. The molecule has 1 aliphatic carbocycles. The Balaban J connectivity index is 1.89. The number of nitrogens with one attached hydrogen (secondary N) is 1. The van der Waals surface area contributed by atoms with Crippen molar-refractivity contribution < 1.29 is 10.0 Å². The summed E-state index contributed by atoms with van der Waals surface area (Å²) in [5.74, 6) is 0.115. The predicted octanol–water partition coefficient (Wildman–Crippen LogP) is 5.43. The quantitative estimate of drug-likeness (QED) is 0.416. The lowest BCUT2D eigenvalue weighted by Gasteiger charge is -2.37. The van der Waals surface area contributed by atoms with Crippen LogP contribution in [0.3, 0.4) is 0 Å². The normalized spacial score (nSPS) is 23.7. The minimum Gasteiger partial charge on any atom is -0.506 e. The Bertz CT molecular complexity index is 913. The first kappa shape index (κ1) is 16.2. The zero-order valence-electron chi connectivity index (χ0n) is 12.9. The van der Waals surface area contributed by atoms with E-state index in [0.717, 1.165) is 12.0 Å². The summed E-state index contributed by atoms with van der Waals surface area (Å²) in [6.45, 7) is 0. The molecule has 0 saturated carbocycles. The molecule has 25 heavy (non-hydrogen) atoms. The molecule has 0 bridgehead atoms. The molecule has 3 atom stereocenters. The van der Waals surface area contributed by atoms with E-state index in [-0.39, 0.29) is 34.3 Å². The number of anilines is 1. The topological polar surface area (TPSA) is 75.4 Å². The Labute approximate surface area is 154 Å². The molecule has 1 heterocycles. The molecule has 3 unspecified atom stereocenters. The SMILES string of the molecule is O=[N+]([O-])c1cccc2c1NC(c1cc(Cl)cc(Cl)c1O)C1CC=CC21. The summed E-state index contributed by atoms with van der Waals surface area (Å²) in [6.07, 6.45) is 4.94. The second-order valence-electron chi connectivity index (χ2n) is 6.30. The van der Waals surface area contributed by atoms with Crippen molar-refractivity contribution in [3.63, 3.8) is 0 Å². The van der Waals surface area contributed by atoms with Gasteiger partial charge in [-0.2, -0.15) is 0 Å². The number of rotatable bonds is 2. The van der Waals surface area contributed by atoms with E-state index in [0.29, 0.717) is 16.3 Å². The Kier molecular flexibility index (Phi) is 3.85. The van der Waals surface area contributed by atoms with E-state index < -0.39 is 4.92 Å².